The predicted octanol–water partition coefficient (Wildman–Crippen LogP) is -0.663. The molecule has 2 saturated carbocycles. The first-order valence-electron chi connectivity index (χ1n) is 6.62. The number of imidazole rings is 1. The lowest BCUT2D eigenvalue weighted by molar-refractivity contribution is -0.0300. The molecule has 0 aromatic carbocycles. The summed E-state index contributed by atoms with van der Waals surface area (Å²) >= 11 is 5.83. The first-order chi connectivity index (χ1) is 9.99. The van der Waals surface area contributed by atoms with Gasteiger partial charge in [-0.3, -0.25) is 0 Å². The molecule has 2 aliphatic carbocycles. The van der Waals surface area contributed by atoms with Crippen LogP contribution in [0.3, 0.4) is 0 Å². The molecule has 0 amide bonds. The number of aliphatic hydroxyl groups is 3. The van der Waals surface area contributed by atoms with Gasteiger partial charge in [0, 0.05) is 5.41 Å². The van der Waals surface area contributed by atoms with Crippen molar-refractivity contribution in [1.29, 1.82) is 0 Å². The maximum atomic E-state index is 10.3. The van der Waals surface area contributed by atoms with Crippen LogP contribution in [0, 0.1) is 11.3 Å². The molecular weight excluding hydrogens is 298 g/mol. The number of anilines is 1. The van der Waals surface area contributed by atoms with Gasteiger partial charge in [0.25, 0.3) is 0 Å². The van der Waals surface area contributed by atoms with Crippen molar-refractivity contribution in [3.63, 3.8) is 0 Å². The van der Waals surface area contributed by atoms with E-state index in [1.807, 2.05) is 0 Å². The molecule has 0 saturated heterocycles. The van der Waals surface area contributed by atoms with E-state index in [0.717, 1.165) is 0 Å². The molecule has 2 fully saturated rings. The normalized spacial score (nSPS) is 37.9. The van der Waals surface area contributed by atoms with Crippen molar-refractivity contribution in [2.75, 3.05) is 12.3 Å². The number of aliphatic hydroxyl groups excluding tert-OH is 3. The third-order valence-electron chi connectivity index (χ3n) is 4.89. The second kappa shape index (κ2) is 4.04. The highest BCUT2D eigenvalue weighted by Crippen LogP contribution is 2.67. The van der Waals surface area contributed by atoms with Crippen LogP contribution in [0.25, 0.3) is 11.2 Å². The smallest absolute Gasteiger partial charge is 0.226 e. The quantitative estimate of drug-likeness (QED) is 0.541. The van der Waals surface area contributed by atoms with Gasteiger partial charge in [0.15, 0.2) is 11.5 Å². The number of rotatable bonds is 2. The molecule has 0 radical (unpaired) electrons. The number of hydrogen-bond donors (Lipinski definition) is 4. The number of nitrogens with zero attached hydrogens (tertiary/aromatic N) is 4. The molecule has 5 atom stereocenters. The SMILES string of the molecule is Nc1nc(Cl)nc2c1ncn2[C@H]1[C@H](O)[C@H](O)[C@@]2(CO)C[C@H]12. The Hall–Kier alpha value is -1.48. The van der Waals surface area contributed by atoms with Crippen molar-refractivity contribution in [2.24, 2.45) is 11.3 Å². The molecule has 2 aliphatic rings. The maximum Gasteiger partial charge on any atom is 0.226 e. The van der Waals surface area contributed by atoms with Gasteiger partial charge in [-0.05, 0) is 23.9 Å². The average Bonchev–Trinajstić information content (AvgIpc) is 2.97. The van der Waals surface area contributed by atoms with Crippen molar-refractivity contribution < 1.29 is 15.3 Å². The Morgan fingerprint density at radius 3 is 2.86 bits per heavy atom. The molecule has 0 spiro atoms. The average molecular weight is 312 g/mol. The molecule has 0 bridgehead atoms. The van der Waals surface area contributed by atoms with Gasteiger partial charge in [0.05, 0.1) is 25.1 Å². The van der Waals surface area contributed by atoms with E-state index in [2.05, 4.69) is 15.0 Å². The van der Waals surface area contributed by atoms with Gasteiger partial charge < -0.3 is 25.6 Å². The van der Waals surface area contributed by atoms with Gasteiger partial charge >= 0.3 is 0 Å². The molecule has 112 valence electrons. The topological polar surface area (TPSA) is 130 Å². The molecular formula is C12H14ClN5O3. The third-order valence-corrected chi connectivity index (χ3v) is 5.06. The summed E-state index contributed by atoms with van der Waals surface area (Å²) in [5, 5.41) is 30.0. The van der Waals surface area contributed by atoms with Crippen molar-refractivity contribution in [3.05, 3.63) is 11.6 Å². The summed E-state index contributed by atoms with van der Waals surface area (Å²) in [4.78, 5) is 12.1. The number of fused-ring (bicyclic) bond motifs is 2. The van der Waals surface area contributed by atoms with Gasteiger partial charge in [-0.2, -0.15) is 9.97 Å². The van der Waals surface area contributed by atoms with E-state index in [-0.39, 0.29) is 23.6 Å². The second-order valence-corrected chi connectivity index (χ2v) is 6.17. The van der Waals surface area contributed by atoms with E-state index in [0.29, 0.717) is 17.6 Å². The first kappa shape index (κ1) is 13.2. The van der Waals surface area contributed by atoms with Crippen molar-refractivity contribution in [1.82, 2.24) is 19.5 Å². The highest BCUT2D eigenvalue weighted by molar-refractivity contribution is 6.28. The zero-order chi connectivity index (χ0) is 14.9. The van der Waals surface area contributed by atoms with Crippen LogP contribution in [0.15, 0.2) is 6.33 Å². The fourth-order valence-corrected chi connectivity index (χ4v) is 3.85. The van der Waals surface area contributed by atoms with Crippen molar-refractivity contribution >= 4 is 28.6 Å². The summed E-state index contributed by atoms with van der Waals surface area (Å²) in [7, 11) is 0. The van der Waals surface area contributed by atoms with Crippen LogP contribution < -0.4 is 5.73 Å². The summed E-state index contributed by atoms with van der Waals surface area (Å²) in [6.45, 7) is -0.156. The number of nitrogens with two attached hydrogens (primary N) is 1. The van der Waals surface area contributed by atoms with Crippen LogP contribution in [0.4, 0.5) is 5.82 Å². The number of nitrogen functional groups attached to an aromatic ring is 1. The van der Waals surface area contributed by atoms with E-state index in [1.54, 1.807) is 4.57 Å². The van der Waals surface area contributed by atoms with Crippen LogP contribution in [-0.4, -0.2) is 53.7 Å². The van der Waals surface area contributed by atoms with Crippen LogP contribution in [0.5, 0.6) is 0 Å². The molecule has 2 aromatic rings. The zero-order valence-corrected chi connectivity index (χ0v) is 11.6. The number of halogens is 1. The summed E-state index contributed by atoms with van der Waals surface area (Å²) in [5.41, 5.74) is 5.97. The summed E-state index contributed by atoms with van der Waals surface area (Å²) in [6, 6.07) is -0.414. The highest BCUT2D eigenvalue weighted by Gasteiger charge is 2.71. The van der Waals surface area contributed by atoms with Crippen LogP contribution >= 0.6 is 11.6 Å². The summed E-state index contributed by atoms with van der Waals surface area (Å²) in [6.07, 6.45) is 0.201. The van der Waals surface area contributed by atoms with Gasteiger partial charge in [-0.15, -0.1) is 0 Å². The molecule has 0 unspecified atom stereocenters. The minimum atomic E-state index is -0.997. The van der Waals surface area contributed by atoms with Crippen LogP contribution in [0.2, 0.25) is 5.28 Å². The highest BCUT2D eigenvalue weighted by atomic mass is 35.5. The lowest BCUT2D eigenvalue weighted by Crippen LogP contribution is -2.35. The Bertz CT molecular complexity index is 737. The van der Waals surface area contributed by atoms with E-state index in [4.69, 9.17) is 17.3 Å². The molecule has 2 aromatic heterocycles. The third kappa shape index (κ3) is 1.53. The number of aromatic nitrogens is 4. The summed E-state index contributed by atoms with van der Waals surface area (Å²) in [5.74, 6) is 0.140. The second-order valence-electron chi connectivity index (χ2n) is 5.83. The Kier molecular flexibility index (Phi) is 2.54. The standard InChI is InChI=1S/C12H14ClN5O3/c13-11-16-9(14)5-10(17-11)18(3-15-5)6-4-1-12(4,2-19)8(21)7(6)20/h3-4,6-8,19-21H,1-2H2,(H2,14,16,17)/t4-,6-,7+,8+,12-/m1/s1. The summed E-state index contributed by atoms with van der Waals surface area (Å²) < 4.78 is 1.67. The van der Waals surface area contributed by atoms with Crippen LogP contribution in [0.1, 0.15) is 12.5 Å². The van der Waals surface area contributed by atoms with E-state index in [1.165, 1.54) is 6.33 Å². The van der Waals surface area contributed by atoms with Crippen molar-refractivity contribution in [3.8, 4) is 0 Å². The van der Waals surface area contributed by atoms with Gasteiger partial charge in [-0.25, -0.2) is 4.98 Å². The maximum absolute atomic E-state index is 10.3. The van der Waals surface area contributed by atoms with E-state index < -0.39 is 23.7 Å². The molecule has 4 rings (SSSR count). The van der Waals surface area contributed by atoms with E-state index in [9.17, 15) is 15.3 Å². The monoisotopic (exact) mass is 311 g/mol. The molecule has 5 N–H and O–H groups in total. The fourth-order valence-electron chi connectivity index (χ4n) is 3.68. The fraction of sp³-hybridized carbons (Fsp3) is 0.583. The minimum Gasteiger partial charge on any atom is -0.396 e. The minimum absolute atomic E-state index is 0.000923. The first-order valence-corrected chi connectivity index (χ1v) is 7.00. The van der Waals surface area contributed by atoms with E-state index >= 15 is 0 Å². The predicted molar refractivity (Wildman–Crippen MR) is 73.4 cm³/mol. The Balaban J connectivity index is 1.85. The van der Waals surface area contributed by atoms with Crippen molar-refractivity contribution in [2.45, 2.75) is 24.7 Å². The molecule has 2 heterocycles. The Morgan fingerprint density at radius 2 is 2.19 bits per heavy atom. The molecule has 8 nitrogen and oxygen atoms in total. The molecule has 0 aliphatic heterocycles. The number of hydrogen-bond acceptors (Lipinski definition) is 7. The Labute approximate surface area is 124 Å². The lowest BCUT2D eigenvalue weighted by Gasteiger charge is -2.23. The molecule has 21 heavy (non-hydrogen) atoms. The van der Waals surface area contributed by atoms with Gasteiger partial charge in [0.2, 0.25) is 5.28 Å². The van der Waals surface area contributed by atoms with Gasteiger partial charge in [-0.1, -0.05) is 0 Å². The Morgan fingerprint density at radius 1 is 1.43 bits per heavy atom. The largest absolute Gasteiger partial charge is 0.396 e. The zero-order valence-electron chi connectivity index (χ0n) is 10.9. The van der Waals surface area contributed by atoms with Crippen LogP contribution in [-0.2, 0) is 0 Å². The van der Waals surface area contributed by atoms with Gasteiger partial charge in [0.1, 0.15) is 11.6 Å². The lowest BCUT2D eigenvalue weighted by atomic mass is 10.0. The molecule has 9 heteroatoms.